The Kier molecular flexibility index (Phi) is 5.43. The number of amides is 1. The molecule has 30 heavy (non-hydrogen) atoms. The molecule has 0 spiro atoms. The highest BCUT2D eigenvalue weighted by Crippen LogP contribution is 2.19. The summed E-state index contributed by atoms with van der Waals surface area (Å²) in [5, 5.41) is 2.71. The summed E-state index contributed by atoms with van der Waals surface area (Å²) in [6, 6.07) is 13.9. The number of hydrogen-bond acceptors (Lipinski definition) is 3. The number of carbonyl (C=O) groups is 1. The molecular weight excluding hydrogens is 388 g/mol. The van der Waals surface area contributed by atoms with Crippen LogP contribution in [0.4, 0.5) is 8.78 Å². The van der Waals surface area contributed by atoms with E-state index in [-0.39, 0.29) is 30.4 Å². The molecule has 1 N–H and O–H groups in total. The van der Waals surface area contributed by atoms with E-state index in [1.165, 1.54) is 24.3 Å². The van der Waals surface area contributed by atoms with E-state index in [0.717, 1.165) is 5.69 Å². The highest BCUT2D eigenvalue weighted by Gasteiger charge is 2.11. The predicted octanol–water partition coefficient (Wildman–Crippen LogP) is 4.43. The summed E-state index contributed by atoms with van der Waals surface area (Å²) in [5.41, 5.74) is 2.73. The Hall–Kier alpha value is -3.74. The first kappa shape index (κ1) is 19.6. The number of nitrogens with one attached hydrogen (secondary N) is 1. The number of carbonyl (C=O) groups excluding carboxylic acids is 1. The number of imidazole rings is 1. The molecule has 0 fully saturated rings. The van der Waals surface area contributed by atoms with Crippen LogP contribution >= 0.6 is 0 Å². The van der Waals surface area contributed by atoms with Crippen LogP contribution in [-0.4, -0.2) is 15.3 Å². The molecule has 0 bridgehead atoms. The molecule has 1 amide bonds. The van der Waals surface area contributed by atoms with Crippen LogP contribution in [0.5, 0.6) is 5.75 Å². The van der Waals surface area contributed by atoms with Crippen molar-refractivity contribution in [3.63, 3.8) is 0 Å². The van der Waals surface area contributed by atoms with Crippen molar-refractivity contribution >= 4 is 11.6 Å². The quantitative estimate of drug-likeness (QED) is 0.515. The molecule has 0 saturated carbocycles. The van der Waals surface area contributed by atoms with Crippen molar-refractivity contribution in [1.29, 1.82) is 0 Å². The monoisotopic (exact) mass is 407 g/mol. The van der Waals surface area contributed by atoms with Gasteiger partial charge in [0.15, 0.2) is 0 Å². The minimum Gasteiger partial charge on any atom is -0.489 e. The van der Waals surface area contributed by atoms with Crippen LogP contribution in [-0.2, 0) is 13.2 Å². The average Bonchev–Trinajstić information content (AvgIpc) is 3.13. The van der Waals surface area contributed by atoms with Gasteiger partial charge in [-0.15, -0.1) is 0 Å². The maximum Gasteiger partial charge on any atom is 0.251 e. The number of benzene rings is 2. The minimum absolute atomic E-state index is 0.0137. The number of aromatic nitrogens is 2. The van der Waals surface area contributed by atoms with E-state index in [9.17, 15) is 13.6 Å². The fraction of sp³-hybridized carbons (Fsp3) is 0.130. The third kappa shape index (κ3) is 4.15. The van der Waals surface area contributed by atoms with Crippen LogP contribution < -0.4 is 10.1 Å². The second kappa shape index (κ2) is 8.32. The van der Waals surface area contributed by atoms with Gasteiger partial charge in [0.05, 0.1) is 0 Å². The molecule has 2 heterocycles. The van der Waals surface area contributed by atoms with Gasteiger partial charge < -0.3 is 14.5 Å². The van der Waals surface area contributed by atoms with Gasteiger partial charge in [0.25, 0.3) is 5.91 Å². The Morgan fingerprint density at radius 3 is 2.70 bits per heavy atom. The second-order valence-corrected chi connectivity index (χ2v) is 6.86. The summed E-state index contributed by atoms with van der Waals surface area (Å²) in [4.78, 5) is 16.7. The van der Waals surface area contributed by atoms with Crippen molar-refractivity contribution in [2.45, 2.75) is 20.1 Å². The van der Waals surface area contributed by atoms with E-state index < -0.39 is 5.82 Å². The molecule has 0 aliphatic heterocycles. The van der Waals surface area contributed by atoms with Crippen LogP contribution in [0.2, 0.25) is 0 Å². The lowest BCUT2D eigenvalue weighted by Gasteiger charge is -2.11. The van der Waals surface area contributed by atoms with Gasteiger partial charge in [0, 0.05) is 41.3 Å². The number of fused-ring (bicyclic) bond motifs is 1. The van der Waals surface area contributed by atoms with Gasteiger partial charge in [-0.2, -0.15) is 0 Å². The largest absolute Gasteiger partial charge is 0.489 e. The van der Waals surface area contributed by atoms with E-state index in [0.29, 0.717) is 22.5 Å². The summed E-state index contributed by atoms with van der Waals surface area (Å²) in [7, 11) is 0. The van der Waals surface area contributed by atoms with Crippen LogP contribution in [0.1, 0.15) is 27.2 Å². The van der Waals surface area contributed by atoms with Crippen molar-refractivity contribution in [3.8, 4) is 5.75 Å². The Morgan fingerprint density at radius 1 is 1.07 bits per heavy atom. The van der Waals surface area contributed by atoms with E-state index in [1.807, 2.05) is 11.3 Å². The van der Waals surface area contributed by atoms with Crippen LogP contribution in [0.3, 0.4) is 0 Å². The maximum absolute atomic E-state index is 14.2. The third-order valence-corrected chi connectivity index (χ3v) is 4.77. The van der Waals surface area contributed by atoms with Gasteiger partial charge in [-0.05, 0) is 43.3 Å². The number of aryl methyl sites for hydroxylation is 1. The van der Waals surface area contributed by atoms with Crippen LogP contribution in [0, 0.1) is 18.6 Å². The van der Waals surface area contributed by atoms with E-state index in [2.05, 4.69) is 10.3 Å². The zero-order valence-corrected chi connectivity index (χ0v) is 16.2. The molecule has 0 aliphatic carbocycles. The summed E-state index contributed by atoms with van der Waals surface area (Å²) >= 11 is 0. The van der Waals surface area contributed by atoms with Gasteiger partial charge >= 0.3 is 0 Å². The molecule has 152 valence electrons. The second-order valence-electron chi connectivity index (χ2n) is 6.86. The van der Waals surface area contributed by atoms with E-state index in [4.69, 9.17) is 4.74 Å². The molecule has 4 aromatic rings. The third-order valence-electron chi connectivity index (χ3n) is 4.77. The molecule has 2 aromatic carbocycles. The highest BCUT2D eigenvalue weighted by atomic mass is 19.1. The zero-order valence-electron chi connectivity index (χ0n) is 16.2. The van der Waals surface area contributed by atoms with Crippen molar-refractivity contribution in [1.82, 2.24) is 14.7 Å². The molecule has 0 atom stereocenters. The maximum atomic E-state index is 14.2. The lowest BCUT2D eigenvalue weighted by molar-refractivity contribution is 0.0950. The van der Waals surface area contributed by atoms with Crippen LogP contribution in [0.15, 0.2) is 67.0 Å². The van der Waals surface area contributed by atoms with Gasteiger partial charge in [-0.1, -0.05) is 18.2 Å². The summed E-state index contributed by atoms with van der Waals surface area (Å²) in [6.45, 7) is 1.93. The lowest BCUT2D eigenvalue weighted by Crippen LogP contribution is -2.23. The molecule has 7 heteroatoms. The molecule has 0 unspecified atom stereocenters. The first-order valence-electron chi connectivity index (χ1n) is 9.38. The molecule has 0 saturated heterocycles. The summed E-state index contributed by atoms with van der Waals surface area (Å²) < 4.78 is 35.3. The molecule has 2 aromatic heterocycles. The normalized spacial score (nSPS) is 10.9. The number of pyridine rings is 1. The Bertz CT molecular complexity index is 1220. The fourth-order valence-corrected chi connectivity index (χ4v) is 3.08. The van der Waals surface area contributed by atoms with Crippen LogP contribution in [0.25, 0.3) is 5.65 Å². The van der Waals surface area contributed by atoms with Crippen molar-refractivity contribution < 1.29 is 18.3 Å². The zero-order chi connectivity index (χ0) is 21.1. The summed E-state index contributed by atoms with van der Waals surface area (Å²) in [6.07, 6.45) is 3.49. The number of nitrogens with zero attached hydrogens (tertiary/aromatic N) is 2. The average molecular weight is 407 g/mol. The highest BCUT2D eigenvalue weighted by molar-refractivity contribution is 5.95. The van der Waals surface area contributed by atoms with E-state index >= 15 is 0 Å². The number of hydrogen-bond donors (Lipinski definition) is 1. The number of rotatable bonds is 6. The topological polar surface area (TPSA) is 55.6 Å². The Labute approximate surface area is 171 Å². The van der Waals surface area contributed by atoms with Gasteiger partial charge in [0.1, 0.15) is 29.6 Å². The lowest BCUT2D eigenvalue weighted by atomic mass is 10.2. The van der Waals surface area contributed by atoms with Gasteiger partial charge in [0.2, 0.25) is 0 Å². The first-order chi connectivity index (χ1) is 14.5. The Morgan fingerprint density at radius 2 is 1.87 bits per heavy atom. The van der Waals surface area contributed by atoms with Gasteiger partial charge in [-0.3, -0.25) is 4.79 Å². The number of halogens is 2. The van der Waals surface area contributed by atoms with Gasteiger partial charge in [-0.25, -0.2) is 13.8 Å². The molecule has 5 nitrogen and oxygen atoms in total. The standard InChI is InChI=1S/C23H19F2N3O2/c1-15-12-26-22-11-16(8-9-28(15)22)23(29)27-13-18-10-19(6-7-21(18)25)30-14-17-4-2-3-5-20(17)24/h2-12H,13-14H2,1H3,(H,27,29). The molecule has 4 rings (SSSR count). The first-order valence-corrected chi connectivity index (χ1v) is 9.38. The van der Waals surface area contributed by atoms with Crippen molar-refractivity contribution in [2.24, 2.45) is 0 Å². The van der Waals surface area contributed by atoms with Crippen molar-refractivity contribution in [2.75, 3.05) is 0 Å². The summed E-state index contributed by atoms with van der Waals surface area (Å²) in [5.74, 6) is -0.780. The van der Waals surface area contributed by atoms with E-state index in [1.54, 1.807) is 42.7 Å². The Balaban J connectivity index is 1.42. The predicted molar refractivity (Wildman–Crippen MR) is 108 cm³/mol. The minimum atomic E-state index is -0.465. The van der Waals surface area contributed by atoms with Crippen molar-refractivity contribution in [3.05, 3.63) is 101 Å². The molecular formula is C23H19F2N3O2. The SMILES string of the molecule is Cc1cnc2cc(C(=O)NCc3cc(OCc4ccccc4F)ccc3F)ccn12. The number of ether oxygens (including phenoxy) is 1. The smallest absolute Gasteiger partial charge is 0.251 e. The fourth-order valence-electron chi connectivity index (χ4n) is 3.08. The molecule has 0 aliphatic rings. The molecule has 0 radical (unpaired) electrons.